The monoisotopic (exact) mass is 561 g/mol. The third-order valence-corrected chi connectivity index (χ3v) is 8.67. The van der Waals surface area contributed by atoms with E-state index in [4.69, 9.17) is 5.73 Å². The van der Waals surface area contributed by atoms with Gasteiger partial charge in [0.2, 0.25) is 5.78 Å². The van der Waals surface area contributed by atoms with Crippen molar-refractivity contribution in [3.63, 3.8) is 0 Å². The first kappa shape index (κ1) is 29.7. The van der Waals surface area contributed by atoms with Gasteiger partial charge in [0.25, 0.3) is 5.91 Å². The summed E-state index contributed by atoms with van der Waals surface area (Å²) in [5, 5.41) is 54.3. The van der Waals surface area contributed by atoms with Gasteiger partial charge in [0.05, 0.1) is 18.2 Å². The molecular formula is C28H36FN3O8. The number of rotatable bonds is 7. The van der Waals surface area contributed by atoms with Gasteiger partial charge in [-0.25, -0.2) is 4.39 Å². The van der Waals surface area contributed by atoms with Crippen molar-refractivity contribution in [1.29, 1.82) is 0 Å². The van der Waals surface area contributed by atoms with Crippen LogP contribution >= 0.6 is 0 Å². The molecule has 0 fully saturated rings. The van der Waals surface area contributed by atoms with Gasteiger partial charge >= 0.3 is 0 Å². The van der Waals surface area contributed by atoms with E-state index in [1.807, 2.05) is 13.8 Å². The number of carbonyl (C=O) groups is 3. The molecule has 40 heavy (non-hydrogen) atoms. The van der Waals surface area contributed by atoms with Crippen molar-refractivity contribution in [1.82, 2.24) is 9.80 Å². The maximum atomic E-state index is 15.9. The summed E-state index contributed by atoms with van der Waals surface area (Å²) >= 11 is 0. The van der Waals surface area contributed by atoms with Crippen LogP contribution < -0.4 is 5.73 Å². The zero-order chi connectivity index (χ0) is 30.0. The number of hydrogen-bond donors (Lipinski definition) is 6. The molecule has 1 amide bonds. The smallest absolute Gasteiger partial charge is 0.255 e. The number of benzene rings is 1. The number of aliphatic hydroxyl groups is 4. The number of likely N-dealkylation sites (N-methyl/N-ethyl adjacent to an activating group) is 2. The SMILES string of the molecule is CC(C)[C@@H](CO)N(C)Cc1cc(O)c2c(c1F)C[C@H]1C[C@H]3[C@H](N(C)C)C(O)=C(C(N)=O)C(=O)[C@@]3(O)C(O)=C1C2=O. The quantitative estimate of drug-likeness (QED) is 0.259. The number of fused-ring (bicyclic) bond motifs is 3. The van der Waals surface area contributed by atoms with Gasteiger partial charge in [-0.05, 0) is 51.9 Å². The number of nitrogens with zero attached hydrogens (tertiary/aromatic N) is 2. The molecule has 3 aliphatic carbocycles. The molecule has 0 saturated carbocycles. The van der Waals surface area contributed by atoms with Gasteiger partial charge in [-0.2, -0.15) is 0 Å². The highest BCUT2D eigenvalue weighted by Gasteiger charge is 2.63. The molecule has 0 unspecified atom stereocenters. The van der Waals surface area contributed by atoms with Gasteiger partial charge in [0, 0.05) is 35.2 Å². The highest BCUT2D eigenvalue weighted by molar-refractivity contribution is 6.24. The molecule has 218 valence electrons. The minimum atomic E-state index is -2.75. The number of Topliss-reactive ketones (excluding diaryl/α,β-unsaturated/α-hetero) is 2. The average Bonchev–Trinajstić information content (AvgIpc) is 2.84. The van der Waals surface area contributed by atoms with Crippen molar-refractivity contribution < 1.29 is 44.3 Å². The molecular weight excluding hydrogens is 525 g/mol. The van der Waals surface area contributed by atoms with E-state index >= 15 is 4.39 Å². The van der Waals surface area contributed by atoms with Gasteiger partial charge in [-0.1, -0.05) is 13.8 Å². The van der Waals surface area contributed by atoms with Crippen molar-refractivity contribution in [2.75, 3.05) is 27.7 Å². The molecule has 7 N–H and O–H groups in total. The Morgan fingerprint density at radius 1 is 1.20 bits per heavy atom. The van der Waals surface area contributed by atoms with Crippen LogP contribution in [0.1, 0.15) is 41.8 Å². The summed E-state index contributed by atoms with van der Waals surface area (Å²) in [5.74, 6) is -8.50. The van der Waals surface area contributed by atoms with E-state index in [2.05, 4.69) is 0 Å². The van der Waals surface area contributed by atoms with E-state index in [-0.39, 0.29) is 60.2 Å². The Morgan fingerprint density at radius 2 is 1.82 bits per heavy atom. The van der Waals surface area contributed by atoms with Crippen LogP contribution in [0.4, 0.5) is 4.39 Å². The first-order chi connectivity index (χ1) is 18.6. The second kappa shape index (κ2) is 10.3. The Kier molecular flexibility index (Phi) is 7.61. The maximum absolute atomic E-state index is 15.9. The van der Waals surface area contributed by atoms with Crippen LogP contribution in [0.2, 0.25) is 0 Å². The van der Waals surface area contributed by atoms with Gasteiger partial charge < -0.3 is 31.3 Å². The Morgan fingerprint density at radius 3 is 2.35 bits per heavy atom. The standard InChI is InChI=1S/C28H36FN3O8/c1-11(2)16(10-33)32(5)9-13-8-17(34)19-14(21(13)29)6-12-7-15-22(31(3)4)24(36)20(27(30)39)26(38)28(15,40)25(37)18(12)23(19)35/h8,11-12,15-16,22,33-34,36-37,40H,6-7,9-10H2,1-5H3,(H2,30,39)/t12-,15-,16+,22-,28-/m0/s1. The summed E-state index contributed by atoms with van der Waals surface area (Å²) < 4.78 is 15.9. The Labute approximate surface area is 231 Å². The predicted molar refractivity (Wildman–Crippen MR) is 141 cm³/mol. The van der Waals surface area contributed by atoms with Crippen molar-refractivity contribution in [3.05, 3.63) is 51.2 Å². The van der Waals surface area contributed by atoms with Crippen LogP contribution in [0, 0.1) is 23.6 Å². The molecule has 3 aliphatic rings. The molecule has 0 heterocycles. The number of aromatic hydroxyl groups is 1. The van der Waals surface area contributed by atoms with Crippen LogP contribution in [0.3, 0.4) is 0 Å². The van der Waals surface area contributed by atoms with E-state index in [1.165, 1.54) is 19.0 Å². The molecule has 12 heteroatoms. The lowest BCUT2D eigenvalue weighted by atomic mass is 9.58. The van der Waals surface area contributed by atoms with Gasteiger partial charge in [0.1, 0.15) is 28.7 Å². The molecule has 4 rings (SSSR count). The van der Waals surface area contributed by atoms with Crippen molar-refractivity contribution in [2.24, 2.45) is 23.5 Å². The van der Waals surface area contributed by atoms with Crippen molar-refractivity contribution in [3.8, 4) is 5.75 Å². The van der Waals surface area contributed by atoms with Crippen LogP contribution in [-0.2, 0) is 22.6 Å². The topological polar surface area (TPSA) is 185 Å². The molecule has 0 radical (unpaired) electrons. The molecule has 0 saturated heterocycles. The number of primary amides is 1. The zero-order valence-electron chi connectivity index (χ0n) is 23.1. The number of nitrogens with two attached hydrogens (primary N) is 1. The lowest BCUT2D eigenvalue weighted by molar-refractivity contribution is -0.148. The molecule has 0 aliphatic heterocycles. The second-order valence-electron chi connectivity index (χ2n) is 11.6. The summed E-state index contributed by atoms with van der Waals surface area (Å²) in [6.45, 7) is 3.71. The van der Waals surface area contributed by atoms with Crippen molar-refractivity contribution in [2.45, 2.75) is 50.9 Å². The van der Waals surface area contributed by atoms with E-state index in [9.17, 15) is 39.9 Å². The Hall–Kier alpha value is -3.32. The van der Waals surface area contributed by atoms with Crippen LogP contribution in [0.15, 0.2) is 28.7 Å². The lowest BCUT2D eigenvalue weighted by Crippen LogP contribution is -2.63. The number of phenolic OH excluding ortho intramolecular Hbond substituents is 1. The summed E-state index contributed by atoms with van der Waals surface area (Å²) in [7, 11) is 4.78. The third-order valence-electron chi connectivity index (χ3n) is 8.67. The Balaban J connectivity index is 1.85. The Bertz CT molecular complexity index is 1350. The minimum absolute atomic E-state index is 0.0387. The van der Waals surface area contributed by atoms with Gasteiger partial charge in [-0.3, -0.25) is 24.2 Å². The lowest BCUT2D eigenvalue weighted by Gasteiger charge is -2.50. The summed E-state index contributed by atoms with van der Waals surface area (Å²) in [4.78, 5) is 42.2. The molecule has 5 atom stereocenters. The number of amides is 1. The van der Waals surface area contributed by atoms with E-state index in [0.29, 0.717) is 0 Å². The van der Waals surface area contributed by atoms with E-state index in [1.54, 1.807) is 11.9 Å². The average molecular weight is 562 g/mol. The first-order valence-corrected chi connectivity index (χ1v) is 13.1. The maximum Gasteiger partial charge on any atom is 0.255 e. The minimum Gasteiger partial charge on any atom is -0.510 e. The molecule has 11 nitrogen and oxygen atoms in total. The van der Waals surface area contributed by atoms with Gasteiger partial charge in [0.15, 0.2) is 11.4 Å². The normalized spacial score (nSPS) is 27.3. The van der Waals surface area contributed by atoms with Gasteiger partial charge in [-0.15, -0.1) is 0 Å². The number of carbonyl (C=O) groups excluding carboxylic acids is 3. The fourth-order valence-corrected chi connectivity index (χ4v) is 6.71. The highest BCUT2D eigenvalue weighted by Crippen LogP contribution is 2.52. The fraction of sp³-hybridized carbons (Fsp3) is 0.536. The number of halogens is 1. The number of allylic oxidation sites excluding steroid dienone is 1. The highest BCUT2D eigenvalue weighted by atomic mass is 19.1. The fourth-order valence-electron chi connectivity index (χ4n) is 6.71. The van der Waals surface area contributed by atoms with Crippen LogP contribution in [-0.4, -0.2) is 98.2 Å². The summed E-state index contributed by atoms with van der Waals surface area (Å²) in [5.41, 5.74) is 1.00. The molecule has 1 aromatic rings. The number of phenols is 1. The largest absolute Gasteiger partial charge is 0.510 e. The first-order valence-electron chi connectivity index (χ1n) is 13.1. The number of aliphatic hydroxyl groups excluding tert-OH is 3. The molecule has 1 aromatic carbocycles. The van der Waals surface area contributed by atoms with Crippen LogP contribution in [0.5, 0.6) is 5.75 Å². The number of hydrogen-bond acceptors (Lipinski definition) is 10. The summed E-state index contributed by atoms with van der Waals surface area (Å²) in [6, 6.07) is -0.287. The molecule has 0 aromatic heterocycles. The third kappa shape index (κ3) is 4.21. The van der Waals surface area contributed by atoms with E-state index in [0.717, 1.165) is 6.07 Å². The van der Waals surface area contributed by atoms with E-state index < -0.39 is 69.6 Å². The van der Waals surface area contributed by atoms with Crippen LogP contribution in [0.25, 0.3) is 0 Å². The summed E-state index contributed by atoms with van der Waals surface area (Å²) in [6.07, 6.45) is -0.269. The van der Waals surface area contributed by atoms with Crippen molar-refractivity contribution >= 4 is 17.5 Å². The zero-order valence-corrected chi connectivity index (χ0v) is 23.1. The second-order valence-corrected chi connectivity index (χ2v) is 11.6. The molecule has 0 bridgehead atoms. The number of ketones is 2. The predicted octanol–water partition coefficient (Wildman–Crippen LogP) is 0.708. The molecule has 0 spiro atoms.